The molecule has 0 bridgehead atoms. The molecule has 140 valence electrons. The molecule has 10 heteroatoms. The fourth-order valence-electron chi connectivity index (χ4n) is 2.02. The fourth-order valence-corrected chi connectivity index (χ4v) is 2.02. The zero-order valence-electron chi connectivity index (χ0n) is 14.6. The van der Waals surface area contributed by atoms with Crippen LogP contribution in [-0.4, -0.2) is 28.1 Å². The molecule has 0 spiro atoms. The quantitative estimate of drug-likeness (QED) is 0.229. The van der Waals surface area contributed by atoms with Crippen molar-refractivity contribution in [1.29, 1.82) is 0 Å². The van der Waals surface area contributed by atoms with Crippen molar-refractivity contribution in [2.75, 3.05) is 6.79 Å². The highest BCUT2D eigenvalue weighted by molar-refractivity contribution is 5.98. The largest absolute Gasteiger partial charge is 0.352 e. The predicted octanol–water partition coefficient (Wildman–Crippen LogP) is 3.64. The molecule has 27 heavy (non-hydrogen) atoms. The summed E-state index contributed by atoms with van der Waals surface area (Å²) in [6.45, 7) is 3.13. The lowest BCUT2D eigenvalue weighted by molar-refractivity contribution is -0.385. The van der Waals surface area contributed by atoms with Crippen LogP contribution < -0.4 is 0 Å². The Labute approximate surface area is 154 Å². The van der Waals surface area contributed by atoms with Crippen LogP contribution in [0.15, 0.2) is 58.8 Å². The zero-order valence-corrected chi connectivity index (χ0v) is 14.6. The van der Waals surface area contributed by atoms with Gasteiger partial charge in [-0.25, -0.2) is 0 Å². The van der Waals surface area contributed by atoms with Gasteiger partial charge in [0, 0.05) is 24.3 Å². The summed E-state index contributed by atoms with van der Waals surface area (Å²) in [7, 11) is 0. The van der Waals surface area contributed by atoms with Crippen molar-refractivity contribution >= 4 is 22.8 Å². The van der Waals surface area contributed by atoms with E-state index < -0.39 is 9.85 Å². The van der Waals surface area contributed by atoms with Crippen molar-refractivity contribution in [2.45, 2.75) is 13.8 Å². The van der Waals surface area contributed by atoms with Crippen LogP contribution in [0.1, 0.15) is 25.0 Å². The van der Waals surface area contributed by atoms with Crippen LogP contribution in [0.2, 0.25) is 0 Å². The van der Waals surface area contributed by atoms with E-state index in [2.05, 4.69) is 10.3 Å². The minimum atomic E-state index is -0.480. The molecule has 2 aromatic rings. The van der Waals surface area contributed by atoms with Crippen LogP contribution in [0.3, 0.4) is 0 Å². The number of hydrogen-bond acceptors (Lipinski definition) is 8. The summed E-state index contributed by atoms with van der Waals surface area (Å²) >= 11 is 0. The number of hydrogen-bond donors (Lipinski definition) is 0. The van der Waals surface area contributed by atoms with Gasteiger partial charge in [-0.2, -0.15) is 0 Å². The summed E-state index contributed by atoms with van der Waals surface area (Å²) in [6, 6.07) is 11.8. The topological polar surface area (TPSA) is 129 Å². The molecule has 0 saturated heterocycles. The number of benzene rings is 2. The molecule has 0 aliphatic carbocycles. The summed E-state index contributed by atoms with van der Waals surface area (Å²) in [5, 5.41) is 28.9. The lowest BCUT2D eigenvalue weighted by atomic mass is 10.1. The van der Waals surface area contributed by atoms with Gasteiger partial charge < -0.3 is 9.68 Å². The molecule has 0 heterocycles. The maximum absolute atomic E-state index is 10.6. The number of rotatable bonds is 8. The molecule has 0 N–H and O–H groups in total. The highest BCUT2D eigenvalue weighted by Gasteiger charge is 2.06. The maximum Gasteiger partial charge on any atom is 0.280 e. The van der Waals surface area contributed by atoms with E-state index in [1.165, 1.54) is 24.3 Å². The van der Waals surface area contributed by atoms with E-state index in [0.717, 1.165) is 0 Å². The maximum atomic E-state index is 10.6. The normalized spacial score (nSPS) is 11.8. The summed E-state index contributed by atoms with van der Waals surface area (Å²) < 4.78 is 0. The van der Waals surface area contributed by atoms with Gasteiger partial charge in [0.15, 0.2) is 0 Å². The molecule has 0 atom stereocenters. The van der Waals surface area contributed by atoms with Gasteiger partial charge in [-0.15, -0.1) is 0 Å². The first kappa shape index (κ1) is 19.5. The lowest BCUT2D eigenvalue weighted by Gasteiger charge is -2.03. The van der Waals surface area contributed by atoms with Crippen LogP contribution in [0.4, 0.5) is 11.4 Å². The Balaban J connectivity index is 1.86. The molecule has 0 amide bonds. The van der Waals surface area contributed by atoms with E-state index in [1.807, 2.05) is 0 Å². The van der Waals surface area contributed by atoms with Gasteiger partial charge in [0.2, 0.25) is 0 Å². The van der Waals surface area contributed by atoms with Crippen molar-refractivity contribution in [2.24, 2.45) is 10.3 Å². The third-order valence-electron chi connectivity index (χ3n) is 3.50. The van der Waals surface area contributed by atoms with E-state index >= 15 is 0 Å². The van der Waals surface area contributed by atoms with E-state index in [1.54, 1.807) is 38.1 Å². The van der Waals surface area contributed by atoms with Crippen LogP contribution in [0.5, 0.6) is 0 Å². The van der Waals surface area contributed by atoms with Gasteiger partial charge in [-0.05, 0) is 49.2 Å². The lowest BCUT2D eigenvalue weighted by Crippen LogP contribution is -2.01. The molecule has 0 aliphatic heterocycles. The minimum Gasteiger partial charge on any atom is -0.352 e. The van der Waals surface area contributed by atoms with Crippen molar-refractivity contribution < 1.29 is 19.5 Å². The van der Waals surface area contributed by atoms with Gasteiger partial charge in [-0.3, -0.25) is 20.2 Å². The van der Waals surface area contributed by atoms with Crippen LogP contribution in [-0.2, 0) is 9.68 Å². The zero-order chi connectivity index (χ0) is 19.8. The van der Waals surface area contributed by atoms with Gasteiger partial charge in [0.25, 0.3) is 18.2 Å². The molecular weight excluding hydrogens is 356 g/mol. The molecule has 2 aromatic carbocycles. The number of nitro benzene ring substituents is 2. The second-order valence-electron chi connectivity index (χ2n) is 5.34. The minimum absolute atomic E-state index is 0.00754. The van der Waals surface area contributed by atoms with Gasteiger partial charge in [-0.1, -0.05) is 10.3 Å². The second-order valence-corrected chi connectivity index (χ2v) is 5.34. The summed E-state index contributed by atoms with van der Waals surface area (Å²) in [5.74, 6) is 0. The molecule has 0 aliphatic rings. The molecule has 0 saturated carbocycles. The van der Waals surface area contributed by atoms with E-state index in [-0.39, 0.29) is 18.2 Å². The van der Waals surface area contributed by atoms with Gasteiger partial charge >= 0.3 is 0 Å². The van der Waals surface area contributed by atoms with Crippen LogP contribution >= 0.6 is 0 Å². The summed E-state index contributed by atoms with van der Waals surface area (Å²) in [6.07, 6.45) is 0. The fraction of sp³-hybridized carbons (Fsp3) is 0.176. The van der Waals surface area contributed by atoms with Crippen molar-refractivity contribution in [1.82, 2.24) is 0 Å². The molecule has 0 unspecified atom stereocenters. The third-order valence-corrected chi connectivity index (χ3v) is 3.50. The summed E-state index contributed by atoms with van der Waals surface area (Å²) in [5.41, 5.74) is 2.37. The van der Waals surface area contributed by atoms with Crippen molar-refractivity contribution in [3.05, 3.63) is 79.9 Å². The Kier molecular flexibility index (Phi) is 6.53. The molecule has 0 aromatic heterocycles. The van der Waals surface area contributed by atoms with Crippen LogP contribution in [0, 0.1) is 20.2 Å². The SMILES string of the molecule is CC(=NOCON=C(C)c1ccc([N+](=O)[O-])cc1)c1ccc([N+](=O)[O-])cc1. The number of oxime groups is 2. The number of nitro groups is 2. The molecule has 10 nitrogen and oxygen atoms in total. The Bertz CT molecular complexity index is 802. The molecule has 2 rings (SSSR count). The van der Waals surface area contributed by atoms with E-state index in [0.29, 0.717) is 22.6 Å². The average Bonchev–Trinajstić information content (AvgIpc) is 2.67. The second kappa shape index (κ2) is 9.04. The van der Waals surface area contributed by atoms with Crippen molar-refractivity contribution in [3.63, 3.8) is 0 Å². The Morgan fingerprint density at radius 3 is 1.41 bits per heavy atom. The molecule has 0 fully saturated rings. The van der Waals surface area contributed by atoms with E-state index in [4.69, 9.17) is 9.68 Å². The van der Waals surface area contributed by atoms with Gasteiger partial charge in [0.1, 0.15) is 0 Å². The predicted molar refractivity (Wildman–Crippen MR) is 97.7 cm³/mol. The monoisotopic (exact) mass is 372 g/mol. The molecule has 0 radical (unpaired) electrons. The third kappa shape index (κ3) is 5.59. The Morgan fingerprint density at radius 1 is 0.778 bits per heavy atom. The Morgan fingerprint density at radius 2 is 1.11 bits per heavy atom. The standard InChI is InChI=1S/C17H16N4O6/c1-12(14-3-7-16(8-4-14)20(22)23)18-26-11-27-19-13(2)15-5-9-17(10-6-15)21(24)25/h3-10H,11H2,1-2H3. The highest BCUT2D eigenvalue weighted by atomic mass is 16.8. The summed E-state index contributed by atoms with van der Waals surface area (Å²) in [4.78, 5) is 30.3. The Hall–Kier alpha value is -3.82. The number of nitrogens with zero attached hydrogens (tertiary/aromatic N) is 4. The smallest absolute Gasteiger partial charge is 0.280 e. The molecular formula is C17H16N4O6. The first-order chi connectivity index (χ1) is 12.9. The first-order valence-electron chi connectivity index (χ1n) is 7.71. The van der Waals surface area contributed by atoms with Crippen LogP contribution in [0.25, 0.3) is 0 Å². The average molecular weight is 372 g/mol. The number of non-ortho nitro benzene ring substituents is 2. The highest BCUT2D eigenvalue weighted by Crippen LogP contribution is 2.13. The van der Waals surface area contributed by atoms with E-state index in [9.17, 15) is 20.2 Å². The van der Waals surface area contributed by atoms with Crippen molar-refractivity contribution in [3.8, 4) is 0 Å². The first-order valence-corrected chi connectivity index (χ1v) is 7.71. The van der Waals surface area contributed by atoms with Gasteiger partial charge in [0.05, 0.1) is 21.3 Å².